The molecule has 0 saturated heterocycles. The molecule has 1 heterocycles. The van der Waals surface area contributed by atoms with Crippen molar-refractivity contribution in [1.82, 2.24) is 4.98 Å². The third-order valence-electron chi connectivity index (χ3n) is 2.38. The van der Waals surface area contributed by atoms with Crippen LogP contribution in [0.15, 0.2) is 21.1 Å². The molecule has 0 spiro atoms. The van der Waals surface area contributed by atoms with Crippen molar-refractivity contribution in [1.29, 1.82) is 0 Å². The molecule has 0 bridgehead atoms. The Morgan fingerprint density at radius 2 is 2.00 bits per heavy atom. The fraction of sp³-hybridized carbons (Fsp3) is 0.182. The molecule has 0 radical (unpaired) electrons. The van der Waals surface area contributed by atoms with Crippen LogP contribution in [0.5, 0.6) is 5.75 Å². The van der Waals surface area contributed by atoms with E-state index in [0.29, 0.717) is 11.4 Å². The minimum atomic E-state index is -0.400. The first kappa shape index (κ1) is 12.4. The van der Waals surface area contributed by atoms with Crippen LogP contribution in [0.25, 0.3) is 10.9 Å². The third kappa shape index (κ3) is 2.07. The molecule has 0 fully saturated rings. The van der Waals surface area contributed by atoms with Crippen LogP contribution in [-0.2, 0) is 4.74 Å². The van der Waals surface area contributed by atoms with E-state index in [1.165, 1.54) is 7.11 Å². The number of rotatable bonds is 2. The minimum Gasteiger partial charge on any atom is -0.494 e. The van der Waals surface area contributed by atoms with E-state index in [1.54, 1.807) is 13.2 Å². The van der Waals surface area contributed by atoms with E-state index in [4.69, 9.17) is 4.74 Å². The number of hydrogen-bond acceptors (Lipinski definition) is 3. The Bertz CT molecular complexity index is 592. The van der Waals surface area contributed by atoms with Gasteiger partial charge in [-0.05, 0) is 44.0 Å². The molecule has 0 unspecified atom stereocenters. The summed E-state index contributed by atoms with van der Waals surface area (Å²) in [7, 11) is 2.93. The first-order valence-electron chi connectivity index (χ1n) is 4.71. The highest BCUT2D eigenvalue weighted by atomic mass is 79.9. The Morgan fingerprint density at radius 3 is 2.59 bits per heavy atom. The molecule has 17 heavy (non-hydrogen) atoms. The van der Waals surface area contributed by atoms with Crippen LogP contribution in [0.2, 0.25) is 0 Å². The normalized spacial score (nSPS) is 10.6. The van der Waals surface area contributed by atoms with E-state index in [-0.39, 0.29) is 0 Å². The number of fused-ring (bicyclic) bond motifs is 1. The highest BCUT2D eigenvalue weighted by molar-refractivity contribution is 9.11. The van der Waals surface area contributed by atoms with Crippen molar-refractivity contribution in [3.8, 4) is 5.75 Å². The van der Waals surface area contributed by atoms with Gasteiger partial charge in [0, 0.05) is 10.9 Å². The molecule has 1 aromatic heterocycles. The van der Waals surface area contributed by atoms with Crippen molar-refractivity contribution in [2.24, 2.45) is 0 Å². The number of H-pyrrole nitrogens is 1. The summed E-state index contributed by atoms with van der Waals surface area (Å²) in [6.45, 7) is 0. The van der Waals surface area contributed by atoms with E-state index in [1.807, 2.05) is 6.07 Å². The van der Waals surface area contributed by atoms with Crippen LogP contribution in [0, 0.1) is 0 Å². The molecule has 4 nitrogen and oxygen atoms in total. The number of aromatic amines is 1. The molecule has 0 atom stereocenters. The van der Waals surface area contributed by atoms with Crippen molar-refractivity contribution in [3.63, 3.8) is 0 Å². The maximum Gasteiger partial charge on any atom is 0.354 e. The number of halogens is 2. The summed E-state index contributed by atoms with van der Waals surface area (Å²) in [4.78, 5) is 14.4. The second-order valence-corrected chi connectivity index (χ2v) is 4.99. The second kappa shape index (κ2) is 4.70. The second-order valence-electron chi connectivity index (χ2n) is 3.34. The Morgan fingerprint density at radius 1 is 1.29 bits per heavy atom. The molecule has 2 rings (SSSR count). The Hall–Kier alpha value is -1.01. The molecule has 0 saturated carbocycles. The van der Waals surface area contributed by atoms with Gasteiger partial charge in [-0.2, -0.15) is 0 Å². The van der Waals surface area contributed by atoms with Crippen molar-refractivity contribution in [2.75, 3.05) is 14.2 Å². The Labute approximate surface area is 115 Å². The predicted molar refractivity (Wildman–Crippen MR) is 71.6 cm³/mol. The zero-order valence-corrected chi connectivity index (χ0v) is 12.3. The summed E-state index contributed by atoms with van der Waals surface area (Å²) < 4.78 is 11.5. The van der Waals surface area contributed by atoms with Gasteiger partial charge in [-0.3, -0.25) is 0 Å². The zero-order chi connectivity index (χ0) is 12.6. The van der Waals surface area contributed by atoms with E-state index in [0.717, 1.165) is 19.8 Å². The molecule has 0 aliphatic carbocycles. The number of aromatic nitrogens is 1. The summed E-state index contributed by atoms with van der Waals surface area (Å²) in [5, 5.41) is 0.866. The minimum absolute atomic E-state index is 0.400. The Kier molecular flexibility index (Phi) is 3.44. The van der Waals surface area contributed by atoms with E-state index >= 15 is 0 Å². The lowest BCUT2D eigenvalue weighted by Gasteiger charge is -2.06. The fourth-order valence-corrected chi connectivity index (χ4v) is 3.15. The summed E-state index contributed by atoms with van der Waals surface area (Å²) in [6, 6.07) is 3.57. The van der Waals surface area contributed by atoms with Crippen LogP contribution < -0.4 is 4.74 Å². The number of esters is 1. The number of methoxy groups -OCH3 is 2. The van der Waals surface area contributed by atoms with Crippen LogP contribution in [0.4, 0.5) is 0 Å². The van der Waals surface area contributed by atoms with Crippen LogP contribution >= 0.6 is 31.9 Å². The molecule has 0 aliphatic rings. The van der Waals surface area contributed by atoms with E-state index in [2.05, 4.69) is 41.6 Å². The topological polar surface area (TPSA) is 51.3 Å². The summed E-state index contributed by atoms with van der Waals surface area (Å²) in [5.74, 6) is 0.288. The predicted octanol–water partition coefficient (Wildman–Crippen LogP) is 3.49. The van der Waals surface area contributed by atoms with Gasteiger partial charge in [0.2, 0.25) is 0 Å². The van der Waals surface area contributed by atoms with Crippen LogP contribution in [0.1, 0.15) is 10.5 Å². The quantitative estimate of drug-likeness (QED) is 0.832. The van der Waals surface area contributed by atoms with Crippen LogP contribution in [0.3, 0.4) is 0 Å². The molecule has 90 valence electrons. The monoisotopic (exact) mass is 361 g/mol. The van der Waals surface area contributed by atoms with Gasteiger partial charge < -0.3 is 14.5 Å². The molecule has 0 amide bonds. The lowest BCUT2D eigenvalue weighted by Crippen LogP contribution is -2.00. The van der Waals surface area contributed by atoms with Crippen molar-refractivity contribution in [2.45, 2.75) is 0 Å². The third-order valence-corrected chi connectivity index (χ3v) is 3.76. The van der Waals surface area contributed by atoms with Gasteiger partial charge in [0.05, 0.1) is 23.2 Å². The van der Waals surface area contributed by atoms with Crippen molar-refractivity contribution in [3.05, 3.63) is 26.8 Å². The van der Waals surface area contributed by atoms with E-state index < -0.39 is 5.97 Å². The molecular weight excluding hydrogens is 354 g/mol. The maximum absolute atomic E-state index is 11.4. The maximum atomic E-state index is 11.4. The first-order valence-corrected chi connectivity index (χ1v) is 6.30. The number of hydrogen-bond donors (Lipinski definition) is 1. The average molecular weight is 363 g/mol. The molecule has 6 heteroatoms. The lowest BCUT2D eigenvalue weighted by atomic mass is 10.2. The number of carbonyl (C=O) groups is 1. The number of benzene rings is 1. The Balaban J connectivity index is 2.69. The van der Waals surface area contributed by atoms with Crippen LogP contribution in [-0.4, -0.2) is 25.2 Å². The summed E-state index contributed by atoms with van der Waals surface area (Å²) in [5.41, 5.74) is 1.23. The molecule has 1 N–H and O–H groups in total. The van der Waals surface area contributed by atoms with Gasteiger partial charge in [0.15, 0.2) is 0 Å². The van der Waals surface area contributed by atoms with Crippen molar-refractivity contribution >= 4 is 48.7 Å². The van der Waals surface area contributed by atoms with Gasteiger partial charge in [0.25, 0.3) is 0 Å². The molecular formula is C11H9Br2NO3. The smallest absolute Gasteiger partial charge is 0.354 e. The molecule has 2 aromatic rings. The van der Waals surface area contributed by atoms with E-state index in [9.17, 15) is 4.79 Å². The summed E-state index contributed by atoms with van der Waals surface area (Å²) >= 11 is 6.85. The number of ether oxygens (including phenoxy) is 2. The average Bonchev–Trinajstić information content (AvgIpc) is 2.72. The standard InChI is InChI=1S/C11H9Br2NO3/c1-16-10-6(12)4-7-5(9(10)13)3-8(14-7)11(15)17-2/h3-4,14H,1-2H3. The van der Waals surface area contributed by atoms with Gasteiger partial charge in [-0.25, -0.2) is 4.79 Å². The highest BCUT2D eigenvalue weighted by Crippen LogP contribution is 2.39. The summed E-state index contributed by atoms with van der Waals surface area (Å²) in [6.07, 6.45) is 0. The lowest BCUT2D eigenvalue weighted by molar-refractivity contribution is 0.0595. The molecule has 1 aromatic carbocycles. The number of carbonyl (C=O) groups excluding carboxylic acids is 1. The SMILES string of the molecule is COC(=O)c1cc2c(Br)c(OC)c(Br)cc2[nH]1. The zero-order valence-electron chi connectivity index (χ0n) is 9.14. The largest absolute Gasteiger partial charge is 0.494 e. The highest BCUT2D eigenvalue weighted by Gasteiger charge is 2.16. The molecule has 0 aliphatic heterocycles. The van der Waals surface area contributed by atoms with Gasteiger partial charge >= 0.3 is 5.97 Å². The van der Waals surface area contributed by atoms with Crippen molar-refractivity contribution < 1.29 is 14.3 Å². The van der Waals surface area contributed by atoms with Gasteiger partial charge in [-0.15, -0.1) is 0 Å². The first-order chi connectivity index (χ1) is 8.08. The van der Waals surface area contributed by atoms with Gasteiger partial charge in [0.1, 0.15) is 11.4 Å². The number of nitrogens with one attached hydrogen (secondary N) is 1. The van der Waals surface area contributed by atoms with Gasteiger partial charge in [-0.1, -0.05) is 0 Å². The fourth-order valence-electron chi connectivity index (χ4n) is 1.59.